The highest BCUT2D eigenvalue weighted by atomic mass is 16.5. The highest BCUT2D eigenvalue weighted by Crippen LogP contribution is 2.33. The third-order valence-corrected chi connectivity index (χ3v) is 3.29. The second-order valence-corrected chi connectivity index (χ2v) is 5.69. The fraction of sp³-hybridized carbons (Fsp3) is 0.625. The Hall–Kier alpha value is -1.22. The van der Waals surface area contributed by atoms with Gasteiger partial charge in [-0.05, 0) is 37.3 Å². The van der Waals surface area contributed by atoms with Crippen molar-refractivity contribution in [3.05, 3.63) is 23.8 Å². The average molecular weight is 263 g/mol. The van der Waals surface area contributed by atoms with Gasteiger partial charge in [-0.1, -0.05) is 26.0 Å². The van der Waals surface area contributed by atoms with Gasteiger partial charge in [0.15, 0.2) is 0 Å². The van der Waals surface area contributed by atoms with Crippen molar-refractivity contribution in [2.75, 3.05) is 25.1 Å². The van der Waals surface area contributed by atoms with Crippen LogP contribution in [0.5, 0.6) is 5.75 Å². The summed E-state index contributed by atoms with van der Waals surface area (Å²) in [4.78, 5) is 0. The quantitative estimate of drug-likeness (QED) is 0.797. The minimum Gasteiger partial charge on any atom is -0.489 e. The van der Waals surface area contributed by atoms with Gasteiger partial charge in [0.1, 0.15) is 12.4 Å². The fourth-order valence-corrected chi connectivity index (χ4v) is 2.29. The molecule has 0 radical (unpaired) electrons. The monoisotopic (exact) mass is 263 g/mol. The van der Waals surface area contributed by atoms with Gasteiger partial charge in [-0.3, -0.25) is 0 Å². The molecule has 1 aromatic carbocycles. The maximum absolute atomic E-state index is 5.85. The number of hydrogen-bond donors (Lipinski definition) is 1. The molecule has 0 aromatic heterocycles. The standard InChI is InChI=1S/C16H25NO2/c1-12(2)11-18-9-10-19-15-6-4-5-14-8-7-13(3)17-16(14)15/h4-6,12-13,17H,7-11H2,1-3H3. The van der Waals surface area contributed by atoms with Crippen molar-refractivity contribution in [1.29, 1.82) is 0 Å². The first-order valence-corrected chi connectivity index (χ1v) is 7.25. The van der Waals surface area contributed by atoms with Crippen LogP contribution < -0.4 is 10.1 Å². The van der Waals surface area contributed by atoms with E-state index in [1.54, 1.807) is 0 Å². The van der Waals surface area contributed by atoms with Crippen LogP contribution in [-0.4, -0.2) is 25.9 Å². The molecule has 0 spiro atoms. The molecule has 1 heterocycles. The van der Waals surface area contributed by atoms with Crippen LogP contribution in [0, 0.1) is 5.92 Å². The van der Waals surface area contributed by atoms with E-state index in [-0.39, 0.29) is 0 Å². The van der Waals surface area contributed by atoms with E-state index in [2.05, 4.69) is 38.2 Å². The molecule has 3 nitrogen and oxygen atoms in total. The summed E-state index contributed by atoms with van der Waals surface area (Å²) < 4.78 is 11.4. The zero-order valence-corrected chi connectivity index (χ0v) is 12.2. The Morgan fingerprint density at radius 2 is 2.16 bits per heavy atom. The highest BCUT2D eigenvalue weighted by molar-refractivity contribution is 5.63. The van der Waals surface area contributed by atoms with Crippen molar-refractivity contribution in [3.63, 3.8) is 0 Å². The number of rotatable bonds is 6. The van der Waals surface area contributed by atoms with Gasteiger partial charge in [-0.2, -0.15) is 0 Å². The Bertz CT molecular complexity index is 404. The summed E-state index contributed by atoms with van der Waals surface area (Å²) in [5.41, 5.74) is 2.53. The third-order valence-electron chi connectivity index (χ3n) is 3.29. The van der Waals surface area contributed by atoms with E-state index in [9.17, 15) is 0 Å². The van der Waals surface area contributed by atoms with Gasteiger partial charge < -0.3 is 14.8 Å². The molecule has 106 valence electrons. The van der Waals surface area contributed by atoms with E-state index >= 15 is 0 Å². The van der Waals surface area contributed by atoms with Gasteiger partial charge in [-0.15, -0.1) is 0 Å². The van der Waals surface area contributed by atoms with Gasteiger partial charge >= 0.3 is 0 Å². The summed E-state index contributed by atoms with van der Waals surface area (Å²) in [6.45, 7) is 8.58. The molecule has 0 amide bonds. The van der Waals surface area contributed by atoms with E-state index < -0.39 is 0 Å². The third kappa shape index (κ3) is 4.13. The topological polar surface area (TPSA) is 30.5 Å². The number of hydrogen-bond acceptors (Lipinski definition) is 3. The minimum absolute atomic E-state index is 0.523. The Morgan fingerprint density at radius 3 is 2.95 bits per heavy atom. The second-order valence-electron chi connectivity index (χ2n) is 5.69. The van der Waals surface area contributed by atoms with Crippen molar-refractivity contribution in [2.45, 2.75) is 39.7 Å². The summed E-state index contributed by atoms with van der Waals surface area (Å²) in [6, 6.07) is 6.80. The SMILES string of the molecule is CC(C)COCCOc1cccc2c1NC(C)CC2. The van der Waals surface area contributed by atoms with Crippen molar-refractivity contribution < 1.29 is 9.47 Å². The van der Waals surface area contributed by atoms with E-state index in [1.807, 2.05) is 6.07 Å². The number of para-hydroxylation sites is 1. The predicted molar refractivity (Wildman–Crippen MR) is 79.0 cm³/mol. The molecule has 1 unspecified atom stereocenters. The van der Waals surface area contributed by atoms with Crippen LogP contribution in [0.4, 0.5) is 5.69 Å². The van der Waals surface area contributed by atoms with E-state index in [0.717, 1.165) is 18.8 Å². The lowest BCUT2D eigenvalue weighted by Crippen LogP contribution is -2.22. The van der Waals surface area contributed by atoms with Gasteiger partial charge in [0.2, 0.25) is 0 Å². The first-order chi connectivity index (χ1) is 9.16. The summed E-state index contributed by atoms with van der Waals surface area (Å²) >= 11 is 0. The minimum atomic E-state index is 0.523. The van der Waals surface area contributed by atoms with E-state index in [1.165, 1.54) is 17.7 Å². The van der Waals surface area contributed by atoms with E-state index in [0.29, 0.717) is 25.2 Å². The van der Waals surface area contributed by atoms with Crippen molar-refractivity contribution in [2.24, 2.45) is 5.92 Å². The summed E-state index contributed by atoms with van der Waals surface area (Å²) in [5, 5.41) is 3.52. The van der Waals surface area contributed by atoms with Crippen LogP contribution in [-0.2, 0) is 11.2 Å². The number of aryl methyl sites for hydroxylation is 1. The summed E-state index contributed by atoms with van der Waals surface area (Å²) in [5.74, 6) is 1.53. The molecular weight excluding hydrogens is 238 g/mol. The van der Waals surface area contributed by atoms with E-state index in [4.69, 9.17) is 9.47 Å². The molecule has 1 aliphatic rings. The highest BCUT2D eigenvalue weighted by Gasteiger charge is 2.17. The van der Waals surface area contributed by atoms with Gasteiger partial charge in [-0.25, -0.2) is 0 Å². The molecule has 0 bridgehead atoms. The lowest BCUT2D eigenvalue weighted by Gasteiger charge is -2.26. The molecule has 0 fully saturated rings. The van der Waals surface area contributed by atoms with Crippen LogP contribution in [0.3, 0.4) is 0 Å². The second kappa shape index (κ2) is 6.80. The molecule has 0 saturated heterocycles. The van der Waals surface area contributed by atoms with Gasteiger partial charge in [0, 0.05) is 12.6 Å². The van der Waals surface area contributed by atoms with Crippen molar-refractivity contribution in [3.8, 4) is 5.75 Å². The van der Waals surface area contributed by atoms with Crippen molar-refractivity contribution in [1.82, 2.24) is 0 Å². The molecule has 0 aliphatic carbocycles. The van der Waals surface area contributed by atoms with Crippen LogP contribution >= 0.6 is 0 Å². The molecule has 0 saturated carbocycles. The van der Waals surface area contributed by atoms with Crippen LogP contribution in [0.2, 0.25) is 0 Å². The summed E-state index contributed by atoms with van der Waals surface area (Å²) in [6.07, 6.45) is 2.32. The van der Waals surface area contributed by atoms with Crippen LogP contribution in [0.1, 0.15) is 32.8 Å². The molecule has 1 aliphatic heterocycles. The molecular formula is C16H25NO2. The maximum atomic E-state index is 5.85. The number of nitrogens with one attached hydrogen (secondary N) is 1. The molecule has 1 N–H and O–H groups in total. The van der Waals surface area contributed by atoms with Crippen molar-refractivity contribution >= 4 is 5.69 Å². The van der Waals surface area contributed by atoms with Gasteiger partial charge in [0.25, 0.3) is 0 Å². The van der Waals surface area contributed by atoms with Crippen LogP contribution in [0.25, 0.3) is 0 Å². The zero-order valence-electron chi connectivity index (χ0n) is 12.2. The summed E-state index contributed by atoms with van der Waals surface area (Å²) in [7, 11) is 0. The van der Waals surface area contributed by atoms with Crippen LogP contribution in [0.15, 0.2) is 18.2 Å². The number of anilines is 1. The zero-order chi connectivity index (χ0) is 13.7. The molecule has 2 rings (SSSR count). The molecule has 1 atom stereocenters. The lowest BCUT2D eigenvalue weighted by atomic mass is 9.98. The first kappa shape index (κ1) is 14.2. The fourth-order valence-electron chi connectivity index (χ4n) is 2.29. The number of ether oxygens (including phenoxy) is 2. The van der Waals surface area contributed by atoms with Gasteiger partial charge in [0.05, 0.1) is 12.3 Å². The molecule has 3 heteroatoms. The Labute approximate surface area is 116 Å². The average Bonchev–Trinajstić information content (AvgIpc) is 2.38. The number of fused-ring (bicyclic) bond motifs is 1. The molecule has 1 aromatic rings. The largest absolute Gasteiger partial charge is 0.489 e. The first-order valence-electron chi connectivity index (χ1n) is 7.25. The predicted octanol–water partition coefficient (Wildman–Crippen LogP) is 3.48. The molecule has 19 heavy (non-hydrogen) atoms. The lowest BCUT2D eigenvalue weighted by molar-refractivity contribution is 0.0820. The normalized spacial score (nSPS) is 18.0. The maximum Gasteiger partial charge on any atom is 0.142 e. The number of benzene rings is 1. The Morgan fingerprint density at radius 1 is 1.32 bits per heavy atom. The smallest absolute Gasteiger partial charge is 0.142 e. The Kier molecular flexibility index (Phi) is 5.08. The Balaban J connectivity index is 1.87.